The zero-order chi connectivity index (χ0) is 34.3. The molecule has 0 radical (unpaired) electrons. The summed E-state index contributed by atoms with van der Waals surface area (Å²) < 4.78 is 34.5. The molecule has 0 bridgehead atoms. The molecule has 9 nitrogen and oxygen atoms in total. The number of hydrogen-bond acceptors (Lipinski definition) is 6. The Morgan fingerprint density at radius 1 is 0.957 bits per heavy atom. The molecule has 1 unspecified atom stereocenters. The molecule has 3 aromatic rings. The van der Waals surface area contributed by atoms with Crippen LogP contribution < -0.4 is 16.4 Å². The maximum Gasteiger partial charge on any atom is 0.407 e. The van der Waals surface area contributed by atoms with E-state index in [9.17, 15) is 23.3 Å². The summed E-state index contributed by atoms with van der Waals surface area (Å²) in [5.74, 6) is -1.12. The molecule has 0 fully saturated rings. The summed E-state index contributed by atoms with van der Waals surface area (Å²) in [7, 11) is -0.448. The fourth-order valence-corrected chi connectivity index (χ4v) is 6.89. The number of amides is 2. The van der Waals surface area contributed by atoms with Gasteiger partial charge in [-0.05, 0) is 67.3 Å². The zero-order valence-electron chi connectivity index (χ0n) is 27.7. The van der Waals surface area contributed by atoms with Gasteiger partial charge in [-0.3, -0.25) is 4.79 Å². The Morgan fingerprint density at radius 3 is 2.09 bits per heavy atom. The topological polar surface area (TPSA) is 134 Å². The summed E-state index contributed by atoms with van der Waals surface area (Å²) in [5.41, 5.74) is 7.34. The molecule has 0 aromatic heterocycles. The molecule has 0 saturated carbocycles. The van der Waals surface area contributed by atoms with Crippen LogP contribution in [0.1, 0.15) is 69.9 Å². The summed E-state index contributed by atoms with van der Waals surface area (Å²) in [4.78, 5) is 26.7. The van der Waals surface area contributed by atoms with Crippen LogP contribution in [0.5, 0.6) is 0 Å². The highest BCUT2D eigenvalue weighted by molar-refractivity contribution is 7.82. The van der Waals surface area contributed by atoms with Crippen molar-refractivity contribution in [2.24, 2.45) is 5.92 Å². The highest BCUT2D eigenvalue weighted by Gasteiger charge is 2.34. The van der Waals surface area contributed by atoms with Crippen molar-refractivity contribution in [3.63, 3.8) is 0 Å². The molecule has 4 atom stereocenters. The number of ether oxygens (including phenoxy) is 1. The maximum absolute atomic E-state index is 14.2. The predicted molar refractivity (Wildman–Crippen MR) is 184 cm³/mol. The number of benzene rings is 3. The van der Waals surface area contributed by atoms with Gasteiger partial charge in [0.1, 0.15) is 22.8 Å². The number of rotatable bonds is 18. The fourth-order valence-electron chi connectivity index (χ4n) is 5.52. The van der Waals surface area contributed by atoms with E-state index < -0.39 is 40.9 Å². The number of nitrogens with two attached hydrogens (primary N) is 1. The lowest BCUT2D eigenvalue weighted by molar-refractivity contribution is -0.124. The molecule has 0 spiro atoms. The van der Waals surface area contributed by atoms with E-state index in [1.54, 1.807) is 10.4 Å². The number of carbonyl (C=O) groups excluding carboxylic acids is 2. The molecule has 256 valence electrons. The van der Waals surface area contributed by atoms with Crippen molar-refractivity contribution in [3.8, 4) is 0 Å². The van der Waals surface area contributed by atoms with Crippen LogP contribution in [0.15, 0.2) is 83.8 Å². The number of alkyl carbamates (subject to hydrolysis) is 1. The zero-order valence-corrected chi connectivity index (χ0v) is 28.5. The fraction of sp³-hybridized carbons (Fsp3) is 0.444. The minimum Gasteiger partial charge on any atom is -0.453 e. The van der Waals surface area contributed by atoms with E-state index >= 15 is 0 Å². The Kier molecular flexibility index (Phi) is 15.3. The number of halogens is 1. The number of anilines is 1. The molecular weight excluding hydrogens is 619 g/mol. The predicted octanol–water partition coefficient (Wildman–Crippen LogP) is 5.76. The summed E-state index contributed by atoms with van der Waals surface area (Å²) >= 11 is 0. The number of nitrogens with one attached hydrogen (secondary N) is 2. The number of aliphatic hydroxyl groups excluding tert-OH is 1. The molecule has 5 N–H and O–H groups in total. The molecule has 0 aliphatic carbocycles. The number of hydrogen-bond donors (Lipinski definition) is 4. The Bertz CT molecular complexity index is 1390. The average molecular weight is 669 g/mol. The first-order chi connectivity index (χ1) is 22.6. The van der Waals surface area contributed by atoms with Crippen LogP contribution in [-0.4, -0.2) is 64.0 Å². The number of nitrogen functional groups attached to an aromatic ring is 1. The molecule has 47 heavy (non-hydrogen) atoms. The lowest BCUT2D eigenvalue weighted by atomic mass is 9.84. The van der Waals surface area contributed by atoms with E-state index in [1.807, 2.05) is 67.6 Å². The number of methoxy groups -OCH3 is 1. The van der Waals surface area contributed by atoms with Gasteiger partial charge >= 0.3 is 6.09 Å². The van der Waals surface area contributed by atoms with E-state index in [2.05, 4.69) is 24.5 Å². The lowest BCUT2D eigenvalue weighted by Crippen LogP contribution is -2.52. The molecule has 0 heterocycles. The van der Waals surface area contributed by atoms with Crippen LogP contribution in [-0.2, 0) is 20.5 Å². The largest absolute Gasteiger partial charge is 0.453 e. The van der Waals surface area contributed by atoms with Crippen LogP contribution >= 0.6 is 0 Å². The molecule has 0 aliphatic heterocycles. The smallest absolute Gasteiger partial charge is 0.407 e. The average Bonchev–Trinajstić information content (AvgIpc) is 3.08. The molecule has 0 saturated heterocycles. The van der Waals surface area contributed by atoms with Gasteiger partial charge in [0.25, 0.3) is 0 Å². The third-order valence-corrected chi connectivity index (χ3v) is 9.82. The third-order valence-electron chi connectivity index (χ3n) is 8.25. The van der Waals surface area contributed by atoms with Gasteiger partial charge in [0.2, 0.25) is 5.91 Å². The molecular formula is C36H49FN4O5S. The van der Waals surface area contributed by atoms with Crippen molar-refractivity contribution in [3.05, 3.63) is 95.8 Å². The van der Waals surface area contributed by atoms with Crippen LogP contribution in [0.25, 0.3) is 0 Å². The minimum atomic E-state index is -1.71. The van der Waals surface area contributed by atoms with Gasteiger partial charge < -0.3 is 26.2 Å². The Hall–Kier alpha value is -3.80. The van der Waals surface area contributed by atoms with Gasteiger partial charge in [0.15, 0.2) is 0 Å². The van der Waals surface area contributed by atoms with Crippen molar-refractivity contribution in [1.82, 2.24) is 14.9 Å². The first-order valence-corrected chi connectivity index (χ1v) is 17.3. The van der Waals surface area contributed by atoms with Crippen molar-refractivity contribution < 1.29 is 28.0 Å². The molecule has 0 aliphatic rings. The highest BCUT2D eigenvalue weighted by Crippen LogP contribution is 2.29. The monoisotopic (exact) mass is 668 g/mol. The van der Waals surface area contributed by atoms with E-state index in [0.29, 0.717) is 38.1 Å². The maximum atomic E-state index is 14.2. The molecule has 2 amide bonds. The second-order valence-corrected chi connectivity index (χ2v) is 13.5. The molecule has 3 aromatic carbocycles. The quantitative estimate of drug-likeness (QED) is 0.127. The number of aliphatic hydroxyl groups is 1. The van der Waals surface area contributed by atoms with Gasteiger partial charge in [-0.2, -0.15) is 0 Å². The summed E-state index contributed by atoms with van der Waals surface area (Å²) in [6.45, 7) is 6.33. The standard InChI is InChI=1S/C36H49FN4O5S/c1-5-28(17-12-18-29(24-42)41(22-21-25(2)3)47(45)30-19-20-32(38)31(37)23-30)39-35(43)34(40-36(44)46-4)33(26-13-8-6-9-14-26)27-15-10-7-11-16-27/h6-11,13-16,19-20,23,25,28-29,33-34,42H,5,12,17-18,21-22,24,38H2,1-4H3,(H,39,43)(H,40,44)/t28-,29-,34-,47?/m0/s1. The summed E-state index contributed by atoms with van der Waals surface area (Å²) in [6, 6.07) is 21.6. The van der Waals surface area contributed by atoms with Crippen molar-refractivity contribution in [2.75, 3.05) is 26.0 Å². The van der Waals surface area contributed by atoms with E-state index in [4.69, 9.17) is 10.5 Å². The second kappa shape index (κ2) is 19.1. The van der Waals surface area contributed by atoms with Crippen LogP contribution in [0, 0.1) is 11.7 Å². The summed E-state index contributed by atoms with van der Waals surface area (Å²) in [6.07, 6.45) is 2.38. The van der Waals surface area contributed by atoms with E-state index in [1.165, 1.54) is 19.2 Å². The van der Waals surface area contributed by atoms with Gasteiger partial charge in [-0.25, -0.2) is 17.7 Å². The Labute approximate surface area is 280 Å². The van der Waals surface area contributed by atoms with Gasteiger partial charge in [-0.1, -0.05) is 81.4 Å². The van der Waals surface area contributed by atoms with Gasteiger partial charge in [0, 0.05) is 24.5 Å². The van der Waals surface area contributed by atoms with Gasteiger partial charge in [0.05, 0.1) is 24.3 Å². The lowest BCUT2D eigenvalue weighted by Gasteiger charge is -2.31. The molecule has 3 rings (SSSR count). The Balaban J connectivity index is 1.77. The van der Waals surface area contributed by atoms with Crippen LogP contribution in [0.2, 0.25) is 0 Å². The normalized spacial score (nSPS) is 14.1. The van der Waals surface area contributed by atoms with Crippen molar-refractivity contribution >= 4 is 28.7 Å². The first kappa shape index (κ1) is 37.7. The second-order valence-electron chi connectivity index (χ2n) is 12.0. The first-order valence-electron chi connectivity index (χ1n) is 16.2. The number of nitrogens with zero attached hydrogens (tertiary/aromatic N) is 1. The highest BCUT2D eigenvalue weighted by atomic mass is 32.2. The van der Waals surface area contributed by atoms with Crippen molar-refractivity contribution in [2.45, 2.75) is 81.8 Å². The molecule has 11 heteroatoms. The van der Waals surface area contributed by atoms with Crippen LogP contribution in [0.3, 0.4) is 0 Å². The third kappa shape index (κ3) is 11.2. The van der Waals surface area contributed by atoms with E-state index in [0.717, 1.165) is 17.5 Å². The number of carbonyl (C=O) groups is 2. The Morgan fingerprint density at radius 2 is 1.57 bits per heavy atom. The minimum absolute atomic E-state index is 0.0197. The van der Waals surface area contributed by atoms with Crippen LogP contribution in [0.4, 0.5) is 14.9 Å². The SMILES string of the molecule is CC[C@@H](CCC[C@@H](CO)N(CCC(C)C)S(=O)c1ccc(N)c(F)c1)NC(=O)[C@@H](NC(=O)OC)C(c1ccccc1)c1ccccc1. The van der Waals surface area contributed by atoms with Gasteiger partial charge in [-0.15, -0.1) is 0 Å². The van der Waals surface area contributed by atoms with E-state index in [-0.39, 0.29) is 29.1 Å². The summed E-state index contributed by atoms with van der Waals surface area (Å²) in [5, 5.41) is 16.3. The van der Waals surface area contributed by atoms with Crippen molar-refractivity contribution in [1.29, 1.82) is 0 Å².